The molecule has 0 spiro atoms. The average molecular weight is 249 g/mol. The number of para-hydroxylation sites is 1. The average Bonchev–Trinajstić information content (AvgIpc) is 2.82. The highest BCUT2D eigenvalue weighted by Gasteiger charge is 2.71. The van der Waals surface area contributed by atoms with Crippen LogP contribution in [0, 0.1) is 0 Å². The number of halogens is 4. The highest BCUT2D eigenvalue weighted by Crippen LogP contribution is 2.62. The van der Waals surface area contributed by atoms with E-state index in [0.717, 1.165) is 0 Å². The standard InChI is InChI=1S/C11H11F4NO/c12-9(13)17-8-4-2-1-3-7(8)10(6-16)5-11(10,14)15/h1-4,9H,5-6,16H2. The normalized spacial score (nSPS) is 26.0. The molecule has 6 heteroatoms. The third kappa shape index (κ3) is 1.86. The molecule has 1 aromatic rings. The molecule has 0 aliphatic heterocycles. The zero-order valence-corrected chi connectivity index (χ0v) is 8.80. The molecule has 1 aliphatic carbocycles. The maximum absolute atomic E-state index is 13.3. The third-order valence-electron chi connectivity index (χ3n) is 3.07. The van der Waals surface area contributed by atoms with Gasteiger partial charge in [0.25, 0.3) is 5.92 Å². The van der Waals surface area contributed by atoms with Crippen molar-refractivity contribution in [2.75, 3.05) is 6.54 Å². The summed E-state index contributed by atoms with van der Waals surface area (Å²) in [7, 11) is 0. The smallest absolute Gasteiger partial charge is 0.387 e. The fourth-order valence-corrected chi connectivity index (χ4v) is 2.02. The Kier molecular flexibility index (Phi) is 2.77. The highest BCUT2D eigenvalue weighted by molar-refractivity contribution is 5.47. The molecule has 1 saturated carbocycles. The van der Waals surface area contributed by atoms with Gasteiger partial charge in [0, 0.05) is 18.5 Å². The Labute approximate surface area is 95.4 Å². The Balaban J connectivity index is 2.39. The van der Waals surface area contributed by atoms with E-state index in [1.165, 1.54) is 24.3 Å². The van der Waals surface area contributed by atoms with Crippen molar-refractivity contribution in [2.45, 2.75) is 24.4 Å². The number of alkyl halides is 4. The van der Waals surface area contributed by atoms with E-state index in [4.69, 9.17) is 5.73 Å². The van der Waals surface area contributed by atoms with Crippen LogP contribution in [0.4, 0.5) is 17.6 Å². The zero-order valence-electron chi connectivity index (χ0n) is 8.80. The van der Waals surface area contributed by atoms with Crippen LogP contribution in [0.15, 0.2) is 24.3 Å². The molecule has 94 valence electrons. The summed E-state index contributed by atoms with van der Waals surface area (Å²) in [6.45, 7) is -3.35. The lowest BCUT2D eigenvalue weighted by molar-refractivity contribution is -0.0512. The molecule has 1 aromatic carbocycles. The molecule has 1 aliphatic rings. The largest absolute Gasteiger partial charge is 0.435 e. The number of benzene rings is 1. The van der Waals surface area contributed by atoms with Gasteiger partial charge in [0.15, 0.2) is 0 Å². The molecule has 0 aromatic heterocycles. The summed E-state index contributed by atoms with van der Waals surface area (Å²) in [5.41, 5.74) is 3.84. The van der Waals surface area contributed by atoms with E-state index in [1.807, 2.05) is 0 Å². The van der Waals surface area contributed by atoms with Crippen LogP contribution in [0.1, 0.15) is 12.0 Å². The summed E-state index contributed by atoms with van der Waals surface area (Å²) >= 11 is 0. The van der Waals surface area contributed by atoms with E-state index in [9.17, 15) is 17.6 Å². The van der Waals surface area contributed by atoms with Crippen LogP contribution in [-0.4, -0.2) is 19.1 Å². The number of rotatable bonds is 4. The van der Waals surface area contributed by atoms with Crippen LogP contribution in [0.5, 0.6) is 5.75 Å². The van der Waals surface area contributed by atoms with Gasteiger partial charge >= 0.3 is 6.61 Å². The van der Waals surface area contributed by atoms with Gasteiger partial charge in [-0.15, -0.1) is 0 Å². The molecule has 2 nitrogen and oxygen atoms in total. The first-order chi connectivity index (χ1) is 7.93. The molecule has 0 bridgehead atoms. The fraction of sp³-hybridized carbons (Fsp3) is 0.455. The quantitative estimate of drug-likeness (QED) is 0.832. The SMILES string of the molecule is NCC1(c2ccccc2OC(F)F)CC1(F)F. The highest BCUT2D eigenvalue weighted by atomic mass is 19.3. The Morgan fingerprint density at radius 3 is 2.35 bits per heavy atom. The number of ether oxygens (including phenoxy) is 1. The molecule has 1 fully saturated rings. The topological polar surface area (TPSA) is 35.2 Å². The van der Waals surface area contributed by atoms with Crippen molar-refractivity contribution in [1.29, 1.82) is 0 Å². The van der Waals surface area contributed by atoms with Gasteiger partial charge < -0.3 is 10.5 Å². The molecular formula is C11H11F4NO. The Bertz CT molecular complexity index is 424. The summed E-state index contributed by atoms with van der Waals surface area (Å²) in [6, 6.07) is 5.55. The monoisotopic (exact) mass is 249 g/mol. The second-order valence-electron chi connectivity index (χ2n) is 4.04. The molecule has 0 saturated heterocycles. The fourth-order valence-electron chi connectivity index (χ4n) is 2.02. The van der Waals surface area contributed by atoms with Gasteiger partial charge in [0.1, 0.15) is 5.75 Å². The summed E-state index contributed by atoms with van der Waals surface area (Å²) in [4.78, 5) is 0. The minimum absolute atomic E-state index is 0.0489. The molecule has 1 unspecified atom stereocenters. The van der Waals surface area contributed by atoms with Crippen molar-refractivity contribution in [2.24, 2.45) is 5.73 Å². The number of nitrogens with two attached hydrogens (primary N) is 1. The minimum Gasteiger partial charge on any atom is -0.435 e. The van der Waals surface area contributed by atoms with E-state index in [2.05, 4.69) is 4.74 Å². The predicted octanol–water partition coefficient (Wildman–Crippen LogP) is 2.52. The van der Waals surface area contributed by atoms with E-state index in [-0.39, 0.29) is 17.9 Å². The predicted molar refractivity (Wildman–Crippen MR) is 53.4 cm³/mol. The van der Waals surface area contributed by atoms with Crippen molar-refractivity contribution < 1.29 is 22.3 Å². The van der Waals surface area contributed by atoms with E-state index in [0.29, 0.717) is 0 Å². The first kappa shape index (κ1) is 12.2. The minimum atomic E-state index is -3.04. The van der Waals surface area contributed by atoms with Crippen LogP contribution in [-0.2, 0) is 5.41 Å². The van der Waals surface area contributed by atoms with E-state index < -0.39 is 24.4 Å². The first-order valence-corrected chi connectivity index (χ1v) is 5.05. The van der Waals surface area contributed by atoms with Gasteiger partial charge in [-0.1, -0.05) is 18.2 Å². The van der Waals surface area contributed by atoms with E-state index in [1.54, 1.807) is 0 Å². The first-order valence-electron chi connectivity index (χ1n) is 5.05. The van der Waals surface area contributed by atoms with Gasteiger partial charge in [-0.2, -0.15) is 8.78 Å². The van der Waals surface area contributed by atoms with Crippen LogP contribution >= 0.6 is 0 Å². The Morgan fingerprint density at radius 1 is 1.29 bits per heavy atom. The second kappa shape index (κ2) is 3.87. The molecular weight excluding hydrogens is 238 g/mol. The van der Waals surface area contributed by atoms with Crippen LogP contribution in [0.2, 0.25) is 0 Å². The van der Waals surface area contributed by atoms with Crippen LogP contribution in [0.25, 0.3) is 0 Å². The number of hydrogen-bond donors (Lipinski definition) is 1. The maximum atomic E-state index is 13.3. The third-order valence-corrected chi connectivity index (χ3v) is 3.07. The summed E-state index contributed by atoms with van der Waals surface area (Å²) in [6.07, 6.45) is -0.430. The van der Waals surface area contributed by atoms with Crippen molar-refractivity contribution >= 4 is 0 Å². The Hall–Kier alpha value is -1.30. The van der Waals surface area contributed by atoms with Gasteiger partial charge in [-0.25, -0.2) is 8.78 Å². The maximum Gasteiger partial charge on any atom is 0.387 e. The molecule has 17 heavy (non-hydrogen) atoms. The van der Waals surface area contributed by atoms with Crippen LogP contribution in [0.3, 0.4) is 0 Å². The molecule has 1 atom stereocenters. The molecule has 0 radical (unpaired) electrons. The molecule has 2 rings (SSSR count). The van der Waals surface area contributed by atoms with Gasteiger partial charge in [0.05, 0.1) is 5.41 Å². The summed E-state index contributed by atoms with van der Waals surface area (Å²) in [5.74, 6) is -3.19. The Morgan fingerprint density at radius 2 is 1.88 bits per heavy atom. The van der Waals surface area contributed by atoms with Crippen molar-refractivity contribution in [1.82, 2.24) is 0 Å². The van der Waals surface area contributed by atoms with Gasteiger partial charge in [-0.3, -0.25) is 0 Å². The van der Waals surface area contributed by atoms with E-state index >= 15 is 0 Å². The second-order valence-corrected chi connectivity index (χ2v) is 4.04. The van der Waals surface area contributed by atoms with Crippen molar-refractivity contribution in [3.8, 4) is 5.75 Å². The number of hydrogen-bond acceptors (Lipinski definition) is 2. The summed E-state index contributed by atoms with van der Waals surface area (Å²) < 4.78 is 55.2. The van der Waals surface area contributed by atoms with Crippen LogP contribution < -0.4 is 10.5 Å². The zero-order chi connectivity index (χ0) is 12.7. The molecule has 2 N–H and O–H groups in total. The lowest BCUT2D eigenvalue weighted by atomic mass is 9.94. The van der Waals surface area contributed by atoms with Crippen molar-refractivity contribution in [3.05, 3.63) is 29.8 Å². The van der Waals surface area contributed by atoms with Gasteiger partial charge in [-0.05, 0) is 6.07 Å². The molecule has 0 heterocycles. The van der Waals surface area contributed by atoms with Crippen molar-refractivity contribution in [3.63, 3.8) is 0 Å². The lowest BCUT2D eigenvalue weighted by Crippen LogP contribution is -2.27. The lowest BCUT2D eigenvalue weighted by Gasteiger charge is -2.18. The van der Waals surface area contributed by atoms with Gasteiger partial charge in [0.2, 0.25) is 0 Å². The molecule has 0 amide bonds. The summed E-state index contributed by atoms with van der Waals surface area (Å²) in [5, 5.41) is 0.